The van der Waals surface area contributed by atoms with E-state index in [1.807, 2.05) is 43.1 Å². The summed E-state index contributed by atoms with van der Waals surface area (Å²) in [7, 11) is 0. The number of pyridine rings is 1. The maximum Gasteiger partial charge on any atom is 0.256 e. The molecule has 0 saturated carbocycles. The molecule has 1 atom stereocenters. The summed E-state index contributed by atoms with van der Waals surface area (Å²) in [4.78, 5) is 41.1. The summed E-state index contributed by atoms with van der Waals surface area (Å²) in [5.74, 6) is 1.02. The quantitative estimate of drug-likeness (QED) is 0.410. The molecular weight excluding hydrogens is 452 g/mol. The second-order valence-electron chi connectivity index (χ2n) is 8.98. The third-order valence-electron chi connectivity index (χ3n) is 6.63. The Bertz CT molecular complexity index is 1440. The van der Waals surface area contributed by atoms with Gasteiger partial charge >= 0.3 is 0 Å². The van der Waals surface area contributed by atoms with Crippen molar-refractivity contribution in [3.05, 3.63) is 90.3 Å². The van der Waals surface area contributed by atoms with Gasteiger partial charge in [0.2, 0.25) is 5.91 Å². The number of fused-ring (bicyclic) bond motifs is 1. The van der Waals surface area contributed by atoms with Gasteiger partial charge in [-0.3, -0.25) is 19.0 Å². The monoisotopic (exact) mass is 480 g/mol. The van der Waals surface area contributed by atoms with Gasteiger partial charge in [-0.1, -0.05) is 24.8 Å². The molecule has 8 nitrogen and oxygen atoms in total. The van der Waals surface area contributed by atoms with Crippen LogP contribution in [0.1, 0.15) is 52.9 Å². The topological polar surface area (TPSA) is 92.5 Å². The van der Waals surface area contributed by atoms with E-state index < -0.39 is 0 Å². The zero-order valence-corrected chi connectivity index (χ0v) is 20.4. The second kappa shape index (κ2) is 9.73. The predicted molar refractivity (Wildman–Crippen MR) is 139 cm³/mol. The van der Waals surface area contributed by atoms with Crippen LogP contribution in [0.25, 0.3) is 16.8 Å². The molecule has 1 aliphatic rings. The van der Waals surface area contributed by atoms with E-state index in [4.69, 9.17) is 4.98 Å². The van der Waals surface area contributed by atoms with Crippen molar-refractivity contribution in [1.29, 1.82) is 0 Å². The number of rotatable bonds is 5. The molecule has 0 bridgehead atoms. The van der Waals surface area contributed by atoms with Crippen molar-refractivity contribution < 1.29 is 9.59 Å². The lowest BCUT2D eigenvalue weighted by Gasteiger charge is -2.34. The number of likely N-dealkylation sites (tertiary alicyclic amines) is 1. The Morgan fingerprint density at radius 3 is 2.61 bits per heavy atom. The van der Waals surface area contributed by atoms with Crippen molar-refractivity contribution >= 4 is 23.1 Å². The fourth-order valence-corrected chi connectivity index (χ4v) is 4.85. The van der Waals surface area contributed by atoms with E-state index in [0.717, 1.165) is 53.2 Å². The van der Waals surface area contributed by atoms with Crippen molar-refractivity contribution in [2.45, 2.75) is 39.2 Å². The van der Waals surface area contributed by atoms with E-state index in [1.165, 1.54) is 6.08 Å². The Kier molecular flexibility index (Phi) is 6.33. The number of hydrogen-bond acceptors (Lipinski definition) is 5. The van der Waals surface area contributed by atoms with Crippen molar-refractivity contribution in [2.75, 3.05) is 11.9 Å². The van der Waals surface area contributed by atoms with Crippen molar-refractivity contribution in [3.63, 3.8) is 0 Å². The Labute approximate surface area is 209 Å². The smallest absolute Gasteiger partial charge is 0.256 e. The Morgan fingerprint density at radius 1 is 1.08 bits per heavy atom. The van der Waals surface area contributed by atoms with Crippen LogP contribution in [-0.2, 0) is 4.79 Å². The van der Waals surface area contributed by atoms with E-state index in [2.05, 4.69) is 26.3 Å². The van der Waals surface area contributed by atoms with Gasteiger partial charge in [0.25, 0.3) is 5.91 Å². The number of benzene rings is 1. The van der Waals surface area contributed by atoms with Gasteiger partial charge in [0, 0.05) is 35.8 Å². The van der Waals surface area contributed by atoms with E-state index in [-0.39, 0.29) is 17.9 Å². The highest BCUT2D eigenvalue weighted by atomic mass is 16.2. The van der Waals surface area contributed by atoms with Crippen LogP contribution < -0.4 is 5.32 Å². The Hall–Kier alpha value is -4.33. The molecule has 4 aromatic rings. The lowest BCUT2D eigenvalue weighted by atomic mass is 10.0. The largest absolute Gasteiger partial charge is 0.329 e. The molecule has 4 heterocycles. The molecule has 1 fully saturated rings. The average Bonchev–Trinajstić information content (AvgIpc) is 3.33. The summed E-state index contributed by atoms with van der Waals surface area (Å²) >= 11 is 0. The van der Waals surface area contributed by atoms with Crippen molar-refractivity contribution in [2.24, 2.45) is 0 Å². The van der Waals surface area contributed by atoms with Crippen LogP contribution in [-0.4, -0.2) is 42.6 Å². The van der Waals surface area contributed by atoms with Crippen LogP contribution >= 0.6 is 0 Å². The van der Waals surface area contributed by atoms with E-state index in [1.54, 1.807) is 30.5 Å². The minimum Gasteiger partial charge on any atom is -0.329 e. The average molecular weight is 481 g/mol. The fraction of sp³-hybridized carbons (Fsp3) is 0.250. The van der Waals surface area contributed by atoms with Gasteiger partial charge in [-0.15, -0.1) is 0 Å². The first-order valence-corrected chi connectivity index (χ1v) is 12.1. The molecule has 1 saturated heterocycles. The van der Waals surface area contributed by atoms with Crippen LogP contribution in [0, 0.1) is 13.8 Å². The zero-order chi connectivity index (χ0) is 25.2. The van der Waals surface area contributed by atoms with Gasteiger partial charge in [-0.2, -0.15) is 0 Å². The summed E-state index contributed by atoms with van der Waals surface area (Å²) < 4.78 is 2.12. The lowest BCUT2D eigenvalue weighted by molar-refractivity contribution is -0.129. The number of nitrogens with one attached hydrogen (secondary N) is 1. The molecule has 2 amide bonds. The third kappa shape index (κ3) is 4.26. The highest BCUT2D eigenvalue weighted by Crippen LogP contribution is 2.36. The van der Waals surface area contributed by atoms with E-state index >= 15 is 0 Å². The van der Waals surface area contributed by atoms with Gasteiger partial charge in [0.15, 0.2) is 0 Å². The van der Waals surface area contributed by atoms with Gasteiger partial charge in [0.1, 0.15) is 11.6 Å². The van der Waals surface area contributed by atoms with Crippen LogP contribution in [0.3, 0.4) is 0 Å². The number of aromatic nitrogens is 4. The van der Waals surface area contributed by atoms with Gasteiger partial charge in [-0.25, -0.2) is 9.97 Å². The maximum atomic E-state index is 12.7. The molecule has 8 heteroatoms. The number of anilines is 1. The van der Waals surface area contributed by atoms with Crippen molar-refractivity contribution in [1.82, 2.24) is 24.3 Å². The van der Waals surface area contributed by atoms with Gasteiger partial charge in [0.05, 0.1) is 22.9 Å². The molecule has 36 heavy (non-hydrogen) atoms. The second-order valence-corrected chi connectivity index (χ2v) is 8.98. The summed E-state index contributed by atoms with van der Waals surface area (Å²) in [5, 5.41) is 2.81. The number of aryl methyl sites for hydroxylation is 2. The third-order valence-corrected chi connectivity index (χ3v) is 6.63. The molecule has 0 spiro atoms. The van der Waals surface area contributed by atoms with Crippen molar-refractivity contribution in [3.8, 4) is 11.3 Å². The minimum absolute atomic E-state index is 0.0790. The highest BCUT2D eigenvalue weighted by molar-refractivity contribution is 6.04. The summed E-state index contributed by atoms with van der Waals surface area (Å²) in [6, 6.07) is 12.6. The molecule has 0 unspecified atom stereocenters. The first kappa shape index (κ1) is 23.4. The van der Waals surface area contributed by atoms with Crippen LogP contribution in [0.15, 0.2) is 67.5 Å². The van der Waals surface area contributed by atoms with Crippen LogP contribution in [0.2, 0.25) is 0 Å². The molecule has 182 valence electrons. The number of piperidine rings is 1. The van der Waals surface area contributed by atoms with Crippen LogP contribution in [0.5, 0.6) is 0 Å². The lowest BCUT2D eigenvalue weighted by Crippen LogP contribution is -2.38. The molecule has 0 aliphatic carbocycles. The normalized spacial score (nSPS) is 15.6. The standard InChI is InChI=1S/C28H28N6O2/c1-4-24(35)33-16-8-6-9-22(33)27-32-25(26-19(3)30-17-18(2)34(26)27)20-11-13-21(14-12-20)28(36)31-23-10-5-7-15-29-23/h4-5,7,10-15,17,22H,1,6,8-9,16H2,2-3H3,(H,29,31,36)/t22-/m0/s1. The Morgan fingerprint density at radius 2 is 1.89 bits per heavy atom. The molecule has 1 aliphatic heterocycles. The molecule has 0 radical (unpaired) electrons. The summed E-state index contributed by atoms with van der Waals surface area (Å²) in [5.41, 5.74) is 4.89. The number of amides is 2. The number of nitrogens with zero attached hydrogens (tertiary/aromatic N) is 5. The molecule has 3 aromatic heterocycles. The summed E-state index contributed by atoms with van der Waals surface area (Å²) in [6.07, 6.45) is 7.68. The number of imidazole rings is 1. The van der Waals surface area contributed by atoms with E-state index in [0.29, 0.717) is 17.9 Å². The number of hydrogen-bond donors (Lipinski definition) is 1. The first-order valence-electron chi connectivity index (χ1n) is 12.1. The van der Waals surface area contributed by atoms with E-state index in [9.17, 15) is 9.59 Å². The minimum atomic E-state index is -0.231. The predicted octanol–water partition coefficient (Wildman–Crippen LogP) is 4.90. The number of carbonyl (C=O) groups excluding carboxylic acids is 2. The molecule has 1 N–H and O–H groups in total. The molecular formula is C28H28N6O2. The highest BCUT2D eigenvalue weighted by Gasteiger charge is 2.32. The first-order chi connectivity index (χ1) is 17.5. The maximum absolute atomic E-state index is 12.7. The Balaban J connectivity index is 1.55. The van der Waals surface area contributed by atoms with Gasteiger partial charge in [-0.05, 0) is 63.5 Å². The fourth-order valence-electron chi connectivity index (χ4n) is 4.85. The SMILES string of the molecule is C=CC(=O)N1CCCC[C@H]1c1nc(-c2ccc(C(=O)Nc3ccccn3)cc2)c2c(C)ncc(C)n12. The molecule has 1 aromatic carbocycles. The zero-order valence-electron chi connectivity index (χ0n) is 20.4. The molecule has 5 rings (SSSR count). The number of carbonyl (C=O) groups is 2. The van der Waals surface area contributed by atoms with Crippen LogP contribution in [0.4, 0.5) is 5.82 Å². The summed E-state index contributed by atoms with van der Waals surface area (Å²) in [6.45, 7) is 8.34. The van der Waals surface area contributed by atoms with Gasteiger partial charge < -0.3 is 10.2 Å².